The molecule has 1 saturated carbocycles. The number of thiophene rings is 1. The third kappa shape index (κ3) is 4.31. The Morgan fingerprint density at radius 1 is 1.24 bits per heavy atom. The largest absolute Gasteiger partial charge is 0.329 e. The molecule has 1 aliphatic heterocycles. The molecule has 0 unspecified atom stereocenters. The Hall–Kier alpha value is -2.66. The van der Waals surface area contributed by atoms with Gasteiger partial charge in [0.15, 0.2) is 11.5 Å². The lowest BCUT2D eigenvalue weighted by molar-refractivity contribution is 0.737. The van der Waals surface area contributed by atoms with Gasteiger partial charge in [-0.05, 0) is 61.9 Å². The average Bonchev–Trinajstić information content (AvgIpc) is 3.21. The molecule has 6 rings (SSSR count). The molecule has 4 aromatic heterocycles. The van der Waals surface area contributed by atoms with Crippen molar-refractivity contribution in [3.8, 4) is 11.3 Å². The summed E-state index contributed by atoms with van der Waals surface area (Å²) in [4.78, 5) is 9.75. The van der Waals surface area contributed by atoms with E-state index in [1.54, 1.807) is 23.3 Å². The van der Waals surface area contributed by atoms with Crippen LogP contribution in [-0.2, 0) is 7.05 Å². The maximum atomic E-state index is 5.02. The van der Waals surface area contributed by atoms with Gasteiger partial charge in [-0.1, -0.05) is 6.08 Å². The van der Waals surface area contributed by atoms with Crippen molar-refractivity contribution in [1.82, 2.24) is 34.2 Å². The maximum absolute atomic E-state index is 5.02. The van der Waals surface area contributed by atoms with Crippen molar-refractivity contribution in [3.05, 3.63) is 48.2 Å². The number of aromatic nitrogens is 5. The third-order valence-electron chi connectivity index (χ3n) is 5.86. The van der Waals surface area contributed by atoms with E-state index in [9.17, 15) is 0 Å². The lowest BCUT2D eigenvalue weighted by Gasteiger charge is -2.16. The van der Waals surface area contributed by atoms with Crippen molar-refractivity contribution in [1.29, 1.82) is 0 Å². The fourth-order valence-corrected chi connectivity index (χ4v) is 6.03. The first-order chi connectivity index (χ1) is 16.1. The van der Waals surface area contributed by atoms with Crippen LogP contribution in [0.2, 0.25) is 0 Å². The molecule has 170 valence electrons. The SMILES string of the molecule is Cc1cc(Nc2nc(C3=CCCNC3)cn3c(-c4cnn(C)c4)cnc23)sc1SNC1CC1. The molecule has 8 nitrogen and oxygen atoms in total. The topological polar surface area (TPSA) is 84.1 Å². The summed E-state index contributed by atoms with van der Waals surface area (Å²) in [5.74, 6) is 0.766. The minimum atomic E-state index is 0.666. The van der Waals surface area contributed by atoms with Crippen LogP contribution in [-0.4, -0.2) is 43.3 Å². The van der Waals surface area contributed by atoms with Gasteiger partial charge < -0.3 is 10.6 Å². The van der Waals surface area contributed by atoms with E-state index in [1.165, 1.54) is 28.2 Å². The summed E-state index contributed by atoms with van der Waals surface area (Å²) < 4.78 is 8.77. The van der Waals surface area contributed by atoms with E-state index in [0.29, 0.717) is 6.04 Å². The first-order valence-corrected chi connectivity index (χ1v) is 12.8. The van der Waals surface area contributed by atoms with Crippen molar-refractivity contribution in [2.75, 3.05) is 18.4 Å². The van der Waals surface area contributed by atoms with Gasteiger partial charge in [-0.15, -0.1) is 11.3 Å². The van der Waals surface area contributed by atoms with E-state index in [4.69, 9.17) is 9.97 Å². The average molecular weight is 479 g/mol. The van der Waals surface area contributed by atoms with Gasteiger partial charge in [-0.3, -0.25) is 13.8 Å². The zero-order chi connectivity index (χ0) is 22.4. The molecule has 3 N–H and O–H groups in total. The van der Waals surface area contributed by atoms with Crippen LogP contribution in [0.3, 0.4) is 0 Å². The van der Waals surface area contributed by atoms with Gasteiger partial charge in [-0.2, -0.15) is 5.10 Å². The van der Waals surface area contributed by atoms with Crippen LogP contribution < -0.4 is 15.4 Å². The molecule has 0 radical (unpaired) electrons. The number of hydrogen-bond donors (Lipinski definition) is 3. The zero-order valence-corrected chi connectivity index (χ0v) is 20.3. The Bertz CT molecular complexity index is 1340. The van der Waals surface area contributed by atoms with Crippen molar-refractivity contribution in [3.63, 3.8) is 0 Å². The van der Waals surface area contributed by atoms with E-state index >= 15 is 0 Å². The highest BCUT2D eigenvalue weighted by molar-refractivity contribution is 7.99. The standard InChI is InChI=1S/C23H26N8S2/c1-14-8-20(32-23(14)33-29-17-5-6-17)28-21-22-25-11-19(16-10-26-30(2)12-16)31(22)13-18(27-21)15-4-3-7-24-9-15/h4,8,10-13,17,24,29H,3,5-7,9H2,1-2H3,(H,27,28). The van der Waals surface area contributed by atoms with Crippen molar-refractivity contribution < 1.29 is 0 Å². The fraction of sp³-hybridized carbons (Fsp3) is 0.348. The number of fused-ring (bicyclic) bond motifs is 1. The molecule has 0 amide bonds. The predicted molar refractivity (Wildman–Crippen MR) is 135 cm³/mol. The minimum absolute atomic E-state index is 0.666. The second-order valence-electron chi connectivity index (χ2n) is 8.61. The molecule has 1 fully saturated rings. The number of nitrogens with one attached hydrogen (secondary N) is 3. The Morgan fingerprint density at radius 2 is 2.15 bits per heavy atom. The molecule has 4 aromatic rings. The van der Waals surface area contributed by atoms with Crippen LogP contribution in [0.15, 0.2) is 41.1 Å². The lowest BCUT2D eigenvalue weighted by atomic mass is 10.1. The second kappa shape index (κ2) is 8.60. The van der Waals surface area contributed by atoms with Gasteiger partial charge in [-0.25, -0.2) is 9.97 Å². The smallest absolute Gasteiger partial charge is 0.181 e. The number of anilines is 2. The summed E-state index contributed by atoms with van der Waals surface area (Å²) in [5.41, 5.74) is 6.27. The van der Waals surface area contributed by atoms with E-state index in [-0.39, 0.29) is 0 Å². The van der Waals surface area contributed by atoms with E-state index < -0.39 is 0 Å². The van der Waals surface area contributed by atoms with Gasteiger partial charge in [0.05, 0.1) is 33.0 Å². The quantitative estimate of drug-likeness (QED) is 0.340. The van der Waals surface area contributed by atoms with Crippen LogP contribution in [0, 0.1) is 6.92 Å². The molecule has 10 heteroatoms. The lowest BCUT2D eigenvalue weighted by Crippen LogP contribution is -2.22. The second-order valence-corrected chi connectivity index (χ2v) is 10.8. The van der Waals surface area contributed by atoms with Gasteiger partial charge in [0.1, 0.15) is 0 Å². The molecule has 0 saturated heterocycles. The van der Waals surface area contributed by atoms with Crippen molar-refractivity contribution in [2.24, 2.45) is 7.05 Å². The molecular formula is C23H26N8S2. The molecule has 0 spiro atoms. The summed E-state index contributed by atoms with van der Waals surface area (Å²) in [6.45, 7) is 3.99. The highest BCUT2D eigenvalue weighted by Gasteiger charge is 2.22. The molecule has 0 atom stereocenters. The number of hydrogen-bond acceptors (Lipinski definition) is 8. The molecule has 33 heavy (non-hydrogen) atoms. The normalized spacial score (nSPS) is 16.4. The monoisotopic (exact) mass is 478 g/mol. The number of imidazole rings is 1. The van der Waals surface area contributed by atoms with Crippen LogP contribution in [0.5, 0.6) is 0 Å². The van der Waals surface area contributed by atoms with E-state index in [2.05, 4.69) is 50.1 Å². The minimum Gasteiger partial charge on any atom is -0.329 e. The predicted octanol–water partition coefficient (Wildman–Crippen LogP) is 4.38. The number of rotatable bonds is 7. The zero-order valence-electron chi connectivity index (χ0n) is 18.6. The molecule has 0 aromatic carbocycles. The summed E-state index contributed by atoms with van der Waals surface area (Å²) in [6, 6.07) is 2.86. The summed E-state index contributed by atoms with van der Waals surface area (Å²) in [6.07, 6.45) is 13.7. The first kappa shape index (κ1) is 20.9. The van der Waals surface area contributed by atoms with E-state index in [1.807, 2.05) is 30.3 Å². The van der Waals surface area contributed by atoms with Crippen molar-refractivity contribution in [2.45, 2.75) is 36.4 Å². The summed E-state index contributed by atoms with van der Waals surface area (Å²) in [5, 5.41) is 12.4. The van der Waals surface area contributed by atoms with Crippen LogP contribution in [0.1, 0.15) is 30.5 Å². The maximum Gasteiger partial charge on any atom is 0.181 e. The first-order valence-electron chi connectivity index (χ1n) is 11.2. The Balaban J connectivity index is 1.40. The number of aryl methyl sites for hydroxylation is 2. The summed E-state index contributed by atoms with van der Waals surface area (Å²) in [7, 11) is 1.93. The van der Waals surface area contributed by atoms with Crippen molar-refractivity contribution >= 4 is 45.3 Å². The number of nitrogens with zero attached hydrogens (tertiary/aromatic N) is 5. The Kier molecular flexibility index (Phi) is 5.45. The Labute approximate surface area is 200 Å². The van der Waals surface area contributed by atoms with E-state index in [0.717, 1.165) is 52.9 Å². The molecule has 2 aliphatic rings. The van der Waals surface area contributed by atoms with Gasteiger partial charge in [0.25, 0.3) is 0 Å². The van der Waals surface area contributed by atoms with Gasteiger partial charge in [0.2, 0.25) is 0 Å². The Morgan fingerprint density at radius 3 is 2.91 bits per heavy atom. The van der Waals surface area contributed by atoms with Crippen LogP contribution in [0.25, 0.3) is 22.5 Å². The van der Waals surface area contributed by atoms with Gasteiger partial charge >= 0.3 is 0 Å². The molecule has 0 bridgehead atoms. The summed E-state index contributed by atoms with van der Waals surface area (Å²) >= 11 is 3.50. The van der Waals surface area contributed by atoms with Crippen LogP contribution >= 0.6 is 23.3 Å². The third-order valence-corrected chi connectivity index (χ3v) is 8.26. The molecule has 1 aliphatic carbocycles. The highest BCUT2D eigenvalue weighted by Crippen LogP contribution is 2.37. The van der Waals surface area contributed by atoms with Gasteiger partial charge in [0, 0.05) is 37.6 Å². The molecular weight excluding hydrogens is 452 g/mol. The fourth-order valence-electron chi connectivity index (χ4n) is 3.92. The molecule has 5 heterocycles. The highest BCUT2D eigenvalue weighted by atomic mass is 32.2. The van der Waals surface area contributed by atoms with Crippen LogP contribution in [0.4, 0.5) is 10.8 Å².